The Hall–Kier alpha value is -3.18. The molecule has 1 aromatic heterocycles. The minimum absolute atomic E-state index is 0.0793. The molecule has 0 radical (unpaired) electrons. The number of carbonyl (C=O) groups is 1. The first-order chi connectivity index (χ1) is 13.2. The number of hydrogen-bond donors (Lipinski definition) is 0. The number of aromatic nitrogens is 1. The third-order valence-electron chi connectivity index (χ3n) is 4.38. The van der Waals surface area contributed by atoms with Gasteiger partial charge < -0.3 is 9.64 Å². The number of thiazole rings is 1. The highest BCUT2D eigenvalue weighted by Crippen LogP contribution is 2.23. The number of nitrogens with zero attached hydrogens (tertiary/aromatic N) is 2. The highest BCUT2D eigenvalue weighted by atomic mass is 32.1. The van der Waals surface area contributed by atoms with Crippen molar-refractivity contribution in [1.29, 1.82) is 0 Å². The van der Waals surface area contributed by atoms with Crippen LogP contribution in [0.5, 0.6) is 5.75 Å². The lowest BCUT2D eigenvalue weighted by Crippen LogP contribution is -2.26. The predicted octanol–water partition coefficient (Wildman–Crippen LogP) is 5.15. The summed E-state index contributed by atoms with van der Waals surface area (Å²) >= 11 is 1.53. The quantitative estimate of drug-likeness (QED) is 0.485. The lowest BCUT2D eigenvalue weighted by molar-refractivity contribution is 0.0992. The highest BCUT2D eigenvalue weighted by molar-refractivity contribution is 7.07. The van der Waals surface area contributed by atoms with E-state index >= 15 is 0 Å². The molecule has 3 aromatic carbocycles. The Balaban J connectivity index is 1.53. The van der Waals surface area contributed by atoms with Gasteiger partial charge in [0, 0.05) is 23.7 Å². The smallest absolute Gasteiger partial charge is 0.258 e. The number of fused-ring (bicyclic) bond motifs is 1. The van der Waals surface area contributed by atoms with E-state index in [1.807, 2.05) is 53.9 Å². The zero-order chi connectivity index (χ0) is 18.6. The number of rotatable bonds is 5. The molecule has 0 saturated heterocycles. The van der Waals surface area contributed by atoms with E-state index in [0.29, 0.717) is 17.9 Å². The van der Waals surface area contributed by atoms with Gasteiger partial charge in [0.05, 0.1) is 11.2 Å². The van der Waals surface area contributed by atoms with E-state index in [9.17, 15) is 4.79 Å². The van der Waals surface area contributed by atoms with Crippen LogP contribution in [0.2, 0.25) is 0 Å². The molecule has 0 bridgehead atoms. The van der Waals surface area contributed by atoms with Gasteiger partial charge in [-0.1, -0.05) is 36.4 Å². The van der Waals surface area contributed by atoms with Gasteiger partial charge >= 0.3 is 0 Å². The lowest BCUT2D eigenvalue weighted by atomic mass is 10.1. The fraction of sp³-hybridized carbons (Fsp3) is 0.0909. The molecule has 0 aliphatic carbocycles. The molecule has 4 nitrogen and oxygen atoms in total. The average molecular weight is 374 g/mol. The Bertz CT molecular complexity index is 1080. The highest BCUT2D eigenvalue weighted by Gasteiger charge is 2.14. The average Bonchev–Trinajstić information content (AvgIpc) is 3.25. The van der Waals surface area contributed by atoms with Crippen molar-refractivity contribution >= 4 is 33.7 Å². The van der Waals surface area contributed by atoms with Crippen molar-refractivity contribution in [3.63, 3.8) is 0 Å². The third-order valence-corrected chi connectivity index (χ3v) is 5.01. The van der Waals surface area contributed by atoms with Crippen molar-refractivity contribution in [3.05, 3.63) is 88.9 Å². The van der Waals surface area contributed by atoms with Gasteiger partial charge in [0.1, 0.15) is 12.4 Å². The first-order valence-electron chi connectivity index (χ1n) is 8.57. The lowest BCUT2D eigenvalue weighted by Gasteiger charge is -2.18. The normalized spacial score (nSPS) is 10.7. The van der Waals surface area contributed by atoms with Gasteiger partial charge in [-0.25, -0.2) is 4.98 Å². The van der Waals surface area contributed by atoms with Gasteiger partial charge in [0.15, 0.2) is 0 Å². The molecule has 0 fully saturated rings. The molecule has 0 N–H and O–H groups in total. The maximum atomic E-state index is 12.9. The summed E-state index contributed by atoms with van der Waals surface area (Å²) in [7, 11) is 1.79. The van der Waals surface area contributed by atoms with Crippen LogP contribution in [-0.2, 0) is 6.61 Å². The van der Waals surface area contributed by atoms with Crippen LogP contribution in [0.25, 0.3) is 10.8 Å². The van der Waals surface area contributed by atoms with Gasteiger partial charge in [-0.15, -0.1) is 11.3 Å². The van der Waals surface area contributed by atoms with Crippen LogP contribution >= 0.6 is 11.3 Å². The fourth-order valence-corrected chi connectivity index (χ4v) is 3.42. The second-order valence-corrected chi connectivity index (χ2v) is 6.91. The molecule has 0 aliphatic heterocycles. The summed E-state index contributed by atoms with van der Waals surface area (Å²) in [6.45, 7) is 0.391. The van der Waals surface area contributed by atoms with Gasteiger partial charge in [0.2, 0.25) is 0 Å². The maximum Gasteiger partial charge on any atom is 0.258 e. The Morgan fingerprint density at radius 2 is 1.89 bits per heavy atom. The third kappa shape index (κ3) is 3.83. The standard InChI is InChI=1S/C22H18N2O2S/c1-24(20-10-9-16-5-2-3-6-17(16)11-20)22(25)18-7-4-8-21(12-18)26-13-19-14-27-15-23-19/h2-12,14-15H,13H2,1H3. The Morgan fingerprint density at radius 3 is 2.70 bits per heavy atom. The van der Waals surface area contributed by atoms with Crippen molar-refractivity contribution in [2.75, 3.05) is 11.9 Å². The molecule has 1 heterocycles. The summed E-state index contributed by atoms with van der Waals surface area (Å²) in [4.78, 5) is 18.8. The minimum atomic E-state index is -0.0793. The molecule has 4 rings (SSSR count). The molecular formula is C22H18N2O2S. The molecule has 134 valence electrons. The number of benzene rings is 3. The molecule has 4 aromatic rings. The summed E-state index contributed by atoms with van der Waals surface area (Å²) in [5.41, 5.74) is 4.09. The van der Waals surface area contributed by atoms with Crippen molar-refractivity contribution in [1.82, 2.24) is 4.98 Å². The van der Waals surface area contributed by atoms with Crippen molar-refractivity contribution < 1.29 is 9.53 Å². The molecular weight excluding hydrogens is 356 g/mol. The van der Waals surface area contributed by atoms with Crippen LogP contribution in [0.1, 0.15) is 16.1 Å². The van der Waals surface area contributed by atoms with E-state index in [2.05, 4.69) is 11.1 Å². The SMILES string of the molecule is CN(C(=O)c1cccc(OCc2cscn2)c1)c1ccc2ccccc2c1. The van der Waals surface area contributed by atoms with E-state index in [1.165, 1.54) is 11.3 Å². The van der Waals surface area contributed by atoms with Crippen molar-refractivity contribution in [3.8, 4) is 5.75 Å². The van der Waals surface area contributed by atoms with Gasteiger partial charge in [-0.3, -0.25) is 4.79 Å². The minimum Gasteiger partial charge on any atom is -0.487 e. The Morgan fingerprint density at radius 1 is 1.04 bits per heavy atom. The topological polar surface area (TPSA) is 42.4 Å². The first kappa shape index (κ1) is 17.2. The molecule has 5 heteroatoms. The van der Waals surface area contributed by atoms with Crippen LogP contribution in [0.4, 0.5) is 5.69 Å². The number of amides is 1. The van der Waals surface area contributed by atoms with Crippen molar-refractivity contribution in [2.45, 2.75) is 6.61 Å². The van der Waals surface area contributed by atoms with E-state index in [1.54, 1.807) is 29.6 Å². The van der Waals surface area contributed by atoms with Crippen LogP contribution in [0, 0.1) is 0 Å². The maximum absolute atomic E-state index is 12.9. The van der Waals surface area contributed by atoms with Crippen LogP contribution in [-0.4, -0.2) is 17.9 Å². The van der Waals surface area contributed by atoms with Gasteiger partial charge in [-0.05, 0) is 41.1 Å². The molecule has 1 amide bonds. The summed E-state index contributed by atoms with van der Waals surface area (Å²) in [5.74, 6) is 0.574. The first-order valence-corrected chi connectivity index (χ1v) is 9.52. The van der Waals surface area contributed by atoms with Gasteiger partial charge in [-0.2, -0.15) is 0 Å². The zero-order valence-electron chi connectivity index (χ0n) is 14.8. The Labute approximate surface area is 161 Å². The van der Waals surface area contributed by atoms with Crippen molar-refractivity contribution in [2.24, 2.45) is 0 Å². The van der Waals surface area contributed by atoms with E-state index in [-0.39, 0.29) is 5.91 Å². The molecule has 27 heavy (non-hydrogen) atoms. The molecule has 0 atom stereocenters. The fourth-order valence-electron chi connectivity index (χ4n) is 2.88. The molecule has 0 aliphatic rings. The Kier molecular flexibility index (Phi) is 4.85. The molecule has 0 saturated carbocycles. The largest absolute Gasteiger partial charge is 0.487 e. The zero-order valence-corrected chi connectivity index (χ0v) is 15.6. The van der Waals surface area contributed by atoms with E-state index in [4.69, 9.17) is 4.74 Å². The number of ether oxygens (including phenoxy) is 1. The monoisotopic (exact) mass is 374 g/mol. The van der Waals surface area contributed by atoms with E-state index < -0.39 is 0 Å². The summed E-state index contributed by atoms with van der Waals surface area (Å²) in [5, 5.41) is 4.21. The number of anilines is 1. The predicted molar refractivity (Wildman–Crippen MR) is 110 cm³/mol. The van der Waals surface area contributed by atoms with Gasteiger partial charge in [0.25, 0.3) is 5.91 Å². The summed E-state index contributed by atoms with van der Waals surface area (Å²) < 4.78 is 5.76. The van der Waals surface area contributed by atoms with Crippen LogP contribution in [0.3, 0.4) is 0 Å². The summed E-state index contributed by atoms with van der Waals surface area (Å²) in [6, 6.07) is 21.4. The number of hydrogen-bond acceptors (Lipinski definition) is 4. The molecule has 0 spiro atoms. The van der Waals surface area contributed by atoms with E-state index in [0.717, 1.165) is 22.2 Å². The van der Waals surface area contributed by atoms with Crippen LogP contribution in [0.15, 0.2) is 77.6 Å². The summed E-state index contributed by atoms with van der Waals surface area (Å²) in [6.07, 6.45) is 0. The number of carbonyl (C=O) groups excluding carboxylic acids is 1. The molecule has 0 unspecified atom stereocenters. The second kappa shape index (κ2) is 7.60. The second-order valence-electron chi connectivity index (χ2n) is 6.19. The van der Waals surface area contributed by atoms with Crippen LogP contribution < -0.4 is 9.64 Å².